The second-order valence-electron chi connectivity index (χ2n) is 7.60. The number of aliphatic carboxylic acids is 1. The van der Waals surface area contributed by atoms with Crippen LogP contribution in [0.5, 0.6) is 0 Å². The van der Waals surface area contributed by atoms with Crippen LogP contribution in [0.4, 0.5) is 0 Å². The fraction of sp³-hybridized carbons (Fsp3) is 0.895. The highest BCUT2D eigenvalue weighted by molar-refractivity contribution is 5.75. The molecule has 0 heterocycles. The van der Waals surface area contributed by atoms with Gasteiger partial charge in [-0.1, -0.05) is 45.4 Å². The van der Waals surface area contributed by atoms with Crippen LogP contribution in [0.15, 0.2) is 0 Å². The van der Waals surface area contributed by atoms with E-state index >= 15 is 0 Å². The molecule has 1 aliphatic rings. The fourth-order valence-corrected chi connectivity index (χ4v) is 3.37. The van der Waals surface area contributed by atoms with Crippen molar-refractivity contribution < 1.29 is 19.4 Å². The van der Waals surface area contributed by atoms with Crippen molar-refractivity contribution in [1.82, 2.24) is 0 Å². The molecule has 0 amide bonds. The Morgan fingerprint density at radius 1 is 1.04 bits per heavy atom. The lowest BCUT2D eigenvalue weighted by Crippen LogP contribution is -2.34. The average molecular weight is 326 g/mol. The first kappa shape index (κ1) is 20.0. The molecular weight excluding hydrogens is 292 g/mol. The maximum absolute atomic E-state index is 12.3. The third-order valence-electron chi connectivity index (χ3n) is 4.87. The predicted octanol–water partition coefficient (Wildman–Crippen LogP) is 4.95. The van der Waals surface area contributed by atoms with Crippen molar-refractivity contribution in [2.75, 3.05) is 0 Å². The molecule has 0 aliphatic heterocycles. The van der Waals surface area contributed by atoms with Gasteiger partial charge in [0.05, 0.1) is 11.8 Å². The molecule has 1 saturated carbocycles. The maximum Gasteiger partial charge on any atom is 0.309 e. The van der Waals surface area contributed by atoms with E-state index in [-0.39, 0.29) is 17.8 Å². The summed E-state index contributed by atoms with van der Waals surface area (Å²) in [6, 6.07) is 0. The lowest BCUT2D eigenvalue weighted by Gasteiger charge is -2.30. The molecular formula is C19H34O4. The average Bonchev–Trinajstić information content (AvgIpc) is 2.50. The molecule has 0 aromatic rings. The highest BCUT2D eigenvalue weighted by atomic mass is 16.6. The van der Waals surface area contributed by atoms with Crippen LogP contribution in [0.3, 0.4) is 0 Å². The summed E-state index contributed by atoms with van der Waals surface area (Å²) in [5, 5.41) is 9.12. The molecule has 0 saturated heterocycles. The molecule has 4 nitrogen and oxygen atoms in total. The van der Waals surface area contributed by atoms with Gasteiger partial charge in [-0.05, 0) is 46.0 Å². The number of carbonyl (C=O) groups is 2. The van der Waals surface area contributed by atoms with Crippen LogP contribution in [0.1, 0.15) is 91.4 Å². The van der Waals surface area contributed by atoms with E-state index in [0.29, 0.717) is 12.8 Å². The summed E-state index contributed by atoms with van der Waals surface area (Å²) in [7, 11) is 0. The Kier molecular flexibility index (Phi) is 8.64. The summed E-state index contributed by atoms with van der Waals surface area (Å²) in [4.78, 5) is 23.4. The number of ether oxygens (including phenoxy) is 1. The van der Waals surface area contributed by atoms with Crippen LogP contribution in [0.2, 0.25) is 0 Å². The largest absolute Gasteiger partial charge is 0.481 e. The molecule has 0 bridgehead atoms. The molecule has 0 radical (unpaired) electrons. The summed E-state index contributed by atoms with van der Waals surface area (Å²) >= 11 is 0. The van der Waals surface area contributed by atoms with Crippen molar-refractivity contribution >= 4 is 11.9 Å². The smallest absolute Gasteiger partial charge is 0.309 e. The van der Waals surface area contributed by atoms with Gasteiger partial charge >= 0.3 is 11.9 Å². The van der Waals surface area contributed by atoms with Crippen molar-refractivity contribution in [3.05, 3.63) is 0 Å². The summed E-state index contributed by atoms with van der Waals surface area (Å²) in [5.41, 5.74) is -0.446. The van der Waals surface area contributed by atoms with Crippen molar-refractivity contribution in [3.8, 4) is 0 Å². The number of hydrogen-bond acceptors (Lipinski definition) is 3. The highest BCUT2D eigenvalue weighted by Gasteiger charge is 2.34. The first-order chi connectivity index (χ1) is 10.9. The monoisotopic (exact) mass is 326 g/mol. The van der Waals surface area contributed by atoms with E-state index in [1.165, 1.54) is 32.1 Å². The summed E-state index contributed by atoms with van der Waals surface area (Å²) in [6.45, 7) is 6.14. The standard InChI is InChI=1S/C19H34O4/c1-4-5-6-7-8-9-13-19(2,3)23-18(22)16-12-10-11-15(14-16)17(20)21/h15-16H,4-14H2,1-3H3,(H,20,21). The lowest BCUT2D eigenvalue weighted by molar-refractivity contribution is -0.164. The number of hydrogen-bond donors (Lipinski definition) is 1. The van der Waals surface area contributed by atoms with Gasteiger partial charge < -0.3 is 9.84 Å². The Morgan fingerprint density at radius 2 is 1.65 bits per heavy atom. The molecule has 1 fully saturated rings. The molecule has 1 N–H and O–H groups in total. The Bertz CT molecular complexity index is 376. The van der Waals surface area contributed by atoms with E-state index in [0.717, 1.165) is 25.7 Å². The predicted molar refractivity (Wildman–Crippen MR) is 91.2 cm³/mol. The van der Waals surface area contributed by atoms with Gasteiger partial charge in [0.1, 0.15) is 5.60 Å². The van der Waals surface area contributed by atoms with Gasteiger partial charge in [-0.3, -0.25) is 9.59 Å². The van der Waals surface area contributed by atoms with Gasteiger partial charge in [-0.2, -0.15) is 0 Å². The normalized spacial score (nSPS) is 21.9. The lowest BCUT2D eigenvalue weighted by atomic mass is 9.81. The second-order valence-corrected chi connectivity index (χ2v) is 7.60. The minimum Gasteiger partial charge on any atom is -0.481 e. The second kappa shape index (κ2) is 9.94. The van der Waals surface area contributed by atoms with Crippen LogP contribution >= 0.6 is 0 Å². The van der Waals surface area contributed by atoms with Crippen LogP contribution in [0.25, 0.3) is 0 Å². The quantitative estimate of drug-likeness (QED) is 0.456. The first-order valence-electron chi connectivity index (χ1n) is 9.31. The molecule has 0 aromatic carbocycles. The minimum absolute atomic E-state index is 0.202. The van der Waals surface area contributed by atoms with Gasteiger partial charge in [-0.25, -0.2) is 0 Å². The number of unbranched alkanes of at least 4 members (excludes halogenated alkanes) is 5. The SMILES string of the molecule is CCCCCCCCC(C)(C)OC(=O)C1CCCC(C(=O)O)C1. The molecule has 134 valence electrons. The molecule has 2 unspecified atom stereocenters. The summed E-state index contributed by atoms with van der Waals surface area (Å²) < 4.78 is 5.70. The van der Waals surface area contributed by atoms with Crippen LogP contribution in [0, 0.1) is 11.8 Å². The van der Waals surface area contributed by atoms with Gasteiger partial charge in [0, 0.05) is 0 Å². The zero-order valence-electron chi connectivity index (χ0n) is 15.1. The number of carboxylic acids is 1. The molecule has 0 aromatic heterocycles. The third-order valence-corrected chi connectivity index (χ3v) is 4.87. The minimum atomic E-state index is -0.783. The van der Waals surface area contributed by atoms with E-state index in [4.69, 9.17) is 9.84 Å². The van der Waals surface area contributed by atoms with Gasteiger partial charge in [0.2, 0.25) is 0 Å². The summed E-state index contributed by atoms with van der Waals surface area (Å²) in [6.07, 6.45) is 10.9. The first-order valence-corrected chi connectivity index (χ1v) is 9.31. The van der Waals surface area contributed by atoms with E-state index in [1.807, 2.05) is 13.8 Å². The Balaban J connectivity index is 2.31. The van der Waals surface area contributed by atoms with Crippen molar-refractivity contribution in [2.45, 2.75) is 97.0 Å². The highest BCUT2D eigenvalue weighted by Crippen LogP contribution is 2.32. The van der Waals surface area contributed by atoms with Crippen molar-refractivity contribution in [1.29, 1.82) is 0 Å². The van der Waals surface area contributed by atoms with Crippen LogP contribution in [-0.2, 0) is 14.3 Å². The van der Waals surface area contributed by atoms with E-state index in [9.17, 15) is 9.59 Å². The van der Waals surface area contributed by atoms with E-state index in [2.05, 4.69) is 6.92 Å². The number of carboxylic acid groups (broad SMARTS) is 1. The molecule has 0 spiro atoms. The zero-order chi connectivity index (χ0) is 17.3. The molecule has 2 atom stereocenters. The molecule has 1 aliphatic carbocycles. The van der Waals surface area contributed by atoms with Gasteiger partial charge in [0.25, 0.3) is 0 Å². The number of esters is 1. The van der Waals surface area contributed by atoms with E-state index < -0.39 is 11.6 Å². The molecule has 23 heavy (non-hydrogen) atoms. The van der Waals surface area contributed by atoms with Crippen LogP contribution < -0.4 is 0 Å². The Morgan fingerprint density at radius 3 is 2.30 bits per heavy atom. The van der Waals surface area contributed by atoms with E-state index in [1.54, 1.807) is 0 Å². The molecule has 1 rings (SSSR count). The third kappa shape index (κ3) is 7.85. The Labute approximate surface area is 141 Å². The van der Waals surface area contributed by atoms with Gasteiger partial charge in [0.15, 0.2) is 0 Å². The maximum atomic E-state index is 12.3. The molecule has 4 heteroatoms. The van der Waals surface area contributed by atoms with Crippen molar-refractivity contribution in [2.24, 2.45) is 11.8 Å². The van der Waals surface area contributed by atoms with Crippen LogP contribution in [-0.4, -0.2) is 22.6 Å². The Hall–Kier alpha value is -1.06. The zero-order valence-corrected chi connectivity index (χ0v) is 15.1. The number of carbonyl (C=O) groups excluding carboxylic acids is 1. The topological polar surface area (TPSA) is 63.6 Å². The fourth-order valence-electron chi connectivity index (χ4n) is 3.37. The van der Waals surface area contributed by atoms with Gasteiger partial charge in [-0.15, -0.1) is 0 Å². The van der Waals surface area contributed by atoms with Crippen molar-refractivity contribution in [3.63, 3.8) is 0 Å². The summed E-state index contributed by atoms with van der Waals surface area (Å²) in [5.74, 6) is -1.61. The number of rotatable bonds is 10.